The Balaban J connectivity index is 2.32. The van der Waals surface area contributed by atoms with Crippen LogP contribution in [0.3, 0.4) is 0 Å². The molecular weight excluding hydrogens is 689 g/mol. The summed E-state index contributed by atoms with van der Waals surface area (Å²) in [6.45, 7) is 6.94. The van der Waals surface area contributed by atoms with Crippen LogP contribution < -0.4 is 0 Å². The summed E-state index contributed by atoms with van der Waals surface area (Å²) in [7, 11) is 0. The van der Waals surface area contributed by atoms with Crippen LogP contribution in [-0.2, 0) is 19.3 Å². The van der Waals surface area contributed by atoms with E-state index >= 15 is 0 Å². The van der Waals surface area contributed by atoms with Gasteiger partial charge in [0.2, 0.25) is 0 Å². The van der Waals surface area contributed by atoms with Crippen LogP contribution in [0.15, 0.2) is 6.33 Å². The van der Waals surface area contributed by atoms with Crippen molar-refractivity contribution in [1.29, 1.82) is 0 Å². The molecule has 0 saturated carbocycles. The highest BCUT2D eigenvalue weighted by atomic mass is 14.8. The van der Waals surface area contributed by atoms with Crippen molar-refractivity contribution in [2.24, 2.45) is 0 Å². The molecule has 0 aromatic carbocycles. The number of aryl methyl sites for hydroxylation is 2. The van der Waals surface area contributed by atoms with Gasteiger partial charge in [-0.25, -0.2) is 9.97 Å². The Kier molecular flexibility index (Phi) is 43.8. The molecule has 0 aliphatic heterocycles. The average molecular weight is 795 g/mol. The van der Waals surface area contributed by atoms with E-state index in [1.807, 2.05) is 6.33 Å². The highest BCUT2D eigenvalue weighted by molar-refractivity contribution is 5.25. The van der Waals surface area contributed by atoms with Gasteiger partial charge in [-0.05, 0) is 44.1 Å². The van der Waals surface area contributed by atoms with Gasteiger partial charge in [-0.3, -0.25) is 0 Å². The lowest BCUT2D eigenvalue weighted by Gasteiger charge is -2.14. The minimum atomic E-state index is 1.17. The molecule has 1 rings (SSSR count). The quantitative estimate of drug-likeness (QED) is 0.0614. The lowest BCUT2D eigenvalue weighted by Crippen LogP contribution is -2.07. The molecule has 0 aliphatic carbocycles. The Bertz CT molecular complexity index is 842. The van der Waals surface area contributed by atoms with Crippen molar-refractivity contribution < 1.29 is 0 Å². The van der Waals surface area contributed by atoms with Gasteiger partial charge in [-0.2, -0.15) is 0 Å². The molecule has 0 fully saturated rings. The molecule has 0 aliphatic rings. The minimum absolute atomic E-state index is 1.17. The minimum Gasteiger partial charge on any atom is -0.241 e. The first-order valence-corrected chi connectivity index (χ1v) is 27.1. The summed E-state index contributed by atoms with van der Waals surface area (Å²) >= 11 is 0. The fourth-order valence-corrected chi connectivity index (χ4v) is 9.21. The van der Waals surface area contributed by atoms with Crippen LogP contribution in [0, 0.1) is 0 Å². The Hall–Kier alpha value is -0.920. The fourth-order valence-electron chi connectivity index (χ4n) is 9.21. The number of aromatic nitrogens is 2. The zero-order valence-corrected chi connectivity index (χ0v) is 39.9. The Labute approximate surface area is 360 Å². The van der Waals surface area contributed by atoms with E-state index in [0.717, 1.165) is 0 Å². The first-order valence-electron chi connectivity index (χ1n) is 27.1. The summed E-state index contributed by atoms with van der Waals surface area (Å²) < 4.78 is 0. The molecule has 0 atom stereocenters. The molecule has 1 aromatic heterocycles. The second kappa shape index (κ2) is 46.2. The lowest BCUT2D eigenvalue weighted by molar-refractivity contribution is 0.529. The van der Waals surface area contributed by atoms with Crippen LogP contribution in [-0.4, -0.2) is 9.97 Å². The Morgan fingerprint density at radius 3 is 0.614 bits per heavy atom. The summed E-state index contributed by atoms with van der Waals surface area (Å²) in [5.74, 6) is 0. The molecular formula is C55H106N2. The molecule has 0 bridgehead atoms. The standard InChI is InChI=1S/C55H106N2/c1-4-7-10-13-16-19-22-25-28-31-34-37-40-43-46-49-53-54(50-47-44-41-38-35-32-29-26-23-20-17-14-11-8-5-2)56-52-57-55(53)51-48-45-42-39-36-33-30-27-24-21-18-15-12-9-6-3/h52H,4-51H2,1-3H3. The molecule has 0 amide bonds. The molecule has 0 N–H and O–H groups in total. The Morgan fingerprint density at radius 1 is 0.228 bits per heavy atom. The number of hydrogen-bond acceptors (Lipinski definition) is 2. The molecule has 0 radical (unpaired) electrons. The van der Waals surface area contributed by atoms with Gasteiger partial charge in [0, 0.05) is 11.4 Å². The maximum atomic E-state index is 4.94. The van der Waals surface area contributed by atoms with E-state index in [2.05, 4.69) is 20.8 Å². The summed E-state index contributed by atoms with van der Waals surface area (Å²) in [6.07, 6.45) is 69.8. The van der Waals surface area contributed by atoms with Gasteiger partial charge in [0.05, 0.1) is 0 Å². The zero-order chi connectivity index (χ0) is 40.8. The van der Waals surface area contributed by atoms with E-state index in [0.29, 0.717) is 0 Å². The van der Waals surface area contributed by atoms with Crippen molar-refractivity contribution in [2.45, 2.75) is 329 Å². The molecule has 2 heteroatoms. The van der Waals surface area contributed by atoms with Crippen LogP contribution in [0.2, 0.25) is 0 Å². The predicted molar refractivity (Wildman–Crippen MR) is 258 cm³/mol. The smallest absolute Gasteiger partial charge is 0.115 e. The van der Waals surface area contributed by atoms with Crippen molar-refractivity contribution in [3.63, 3.8) is 0 Å². The molecule has 1 heterocycles. The number of rotatable bonds is 48. The van der Waals surface area contributed by atoms with E-state index in [-0.39, 0.29) is 0 Å². The zero-order valence-electron chi connectivity index (χ0n) is 39.9. The van der Waals surface area contributed by atoms with Crippen LogP contribution in [0.25, 0.3) is 0 Å². The molecule has 1 aromatic rings. The van der Waals surface area contributed by atoms with E-state index in [1.54, 1.807) is 5.56 Å². The molecule has 336 valence electrons. The van der Waals surface area contributed by atoms with Crippen LogP contribution in [0.4, 0.5) is 0 Å². The molecule has 57 heavy (non-hydrogen) atoms. The van der Waals surface area contributed by atoms with E-state index in [4.69, 9.17) is 9.97 Å². The van der Waals surface area contributed by atoms with Gasteiger partial charge in [-0.1, -0.05) is 290 Å². The summed E-state index contributed by atoms with van der Waals surface area (Å²) in [5, 5.41) is 0. The summed E-state index contributed by atoms with van der Waals surface area (Å²) in [6, 6.07) is 0. The maximum Gasteiger partial charge on any atom is 0.115 e. The van der Waals surface area contributed by atoms with Gasteiger partial charge in [-0.15, -0.1) is 0 Å². The highest BCUT2D eigenvalue weighted by Gasteiger charge is 2.12. The number of unbranched alkanes of at least 4 members (excludes halogenated alkanes) is 42. The maximum absolute atomic E-state index is 4.94. The first kappa shape index (κ1) is 54.1. The van der Waals surface area contributed by atoms with Gasteiger partial charge in [0.1, 0.15) is 6.33 Å². The fraction of sp³-hybridized carbons (Fsp3) is 0.927. The van der Waals surface area contributed by atoms with Crippen LogP contribution >= 0.6 is 0 Å². The van der Waals surface area contributed by atoms with Gasteiger partial charge in [0.15, 0.2) is 0 Å². The average Bonchev–Trinajstić information content (AvgIpc) is 3.22. The highest BCUT2D eigenvalue weighted by Crippen LogP contribution is 2.22. The summed E-state index contributed by atoms with van der Waals surface area (Å²) in [4.78, 5) is 9.88. The van der Waals surface area contributed by atoms with Crippen LogP contribution in [0.1, 0.15) is 327 Å². The van der Waals surface area contributed by atoms with Crippen molar-refractivity contribution in [1.82, 2.24) is 9.97 Å². The third-order valence-electron chi connectivity index (χ3n) is 13.2. The third-order valence-corrected chi connectivity index (χ3v) is 13.2. The monoisotopic (exact) mass is 795 g/mol. The van der Waals surface area contributed by atoms with Crippen molar-refractivity contribution in [3.05, 3.63) is 23.3 Å². The van der Waals surface area contributed by atoms with Crippen molar-refractivity contribution >= 4 is 0 Å². The van der Waals surface area contributed by atoms with E-state index < -0.39 is 0 Å². The summed E-state index contributed by atoms with van der Waals surface area (Å²) in [5.41, 5.74) is 4.37. The number of nitrogens with zero attached hydrogens (tertiary/aromatic N) is 2. The molecule has 2 nitrogen and oxygen atoms in total. The van der Waals surface area contributed by atoms with E-state index in [1.165, 1.54) is 320 Å². The van der Waals surface area contributed by atoms with E-state index in [9.17, 15) is 0 Å². The Morgan fingerprint density at radius 2 is 0.404 bits per heavy atom. The lowest BCUT2D eigenvalue weighted by atomic mass is 9.96. The normalized spacial score (nSPS) is 11.6. The van der Waals surface area contributed by atoms with Gasteiger partial charge in [0.25, 0.3) is 0 Å². The third kappa shape index (κ3) is 37.8. The van der Waals surface area contributed by atoms with Crippen molar-refractivity contribution in [2.75, 3.05) is 0 Å². The van der Waals surface area contributed by atoms with Crippen LogP contribution in [0.5, 0.6) is 0 Å². The van der Waals surface area contributed by atoms with Gasteiger partial charge < -0.3 is 0 Å². The molecule has 0 unspecified atom stereocenters. The topological polar surface area (TPSA) is 25.8 Å². The molecule has 0 saturated heterocycles. The second-order valence-corrected chi connectivity index (χ2v) is 18.8. The second-order valence-electron chi connectivity index (χ2n) is 18.8. The van der Waals surface area contributed by atoms with Crippen molar-refractivity contribution in [3.8, 4) is 0 Å². The largest absolute Gasteiger partial charge is 0.241 e. The SMILES string of the molecule is CCCCCCCCCCCCCCCCCc1ncnc(CCCCCCCCCCCCCCCCC)c1CCCCCCCCCCCCCCCCC. The van der Waals surface area contributed by atoms with Gasteiger partial charge >= 0.3 is 0 Å². The first-order chi connectivity index (χ1) is 28.3. The predicted octanol–water partition coefficient (Wildman–Crippen LogP) is 19.7. The number of hydrogen-bond donors (Lipinski definition) is 0. The molecule has 0 spiro atoms.